The summed E-state index contributed by atoms with van der Waals surface area (Å²) < 4.78 is 1.28. The molecular formula is C13H19Cl2N3O2. The standard InChI is InChI=1S/C13H19Cl2N3O2/c1-10-9-18(12(20)6-4-8-15)16-13(10)17(2)11(19)5-3-7-14/h9H,3-8H2,1-2H3. The van der Waals surface area contributed by atoms with Crippen LogP contribution in [-0.2, 0) is 4.79 Å². The van der Waals surface area contributed by atoms with Gasteiger partial charge in [-0.05, 0) is 19.8 Å². The van der Waals surface area contributed by atoms with Crippen LogP contribution < -0.4 is 4.90 Å². The van der Waals surface area contributed by atoms with Gasteiger partial charge in [-0.25, -0.2) is 4.68 Å². The van der Waals surface area contributed by atoms with Gasteiger partial charge in [0.15, 0.2) is 5.82 Å². The topological polar surface area (TPSA) is 55.2 Å². The fourth-order valence-corrected chi connectivity index (χ4v) is 2.01. The van der Waals surface area contributed by atoms with Crippen molar-refractivity contribution < 1.29 is 9.59 Å². The van der Waals surface area contributed by atoms with Crippen molar-refractivity contribution in [2.24, 2.45) is 0 Å². The smallest absolute Gasteiger partial charge is 0.246 e. The summed E-state index contributed by atoms with van der Waals surface area (Å²) in [6.45, 7) is 1.82. The van der Waals surface area contributed by atoms with Crippen LogP contribution in [0.3, 0.4) is 0 Å². The number of amides is 1. The van der Waals surface area contributed by atoms with Gasteiger partial charge in [0.05, 0.1) is 0 Å². The third kappa shape index (κ3) is 4.49. The zero-order valence-corrected chi connectivity index (χ0v) is 13.2. The molecule has 0 N–H and O–H groups in total. The van der Waals surface area contributed by atoms with E-state index in [9.17, 15) is 9.59 Å². The molecule has 1 amide bonds. The van der Waals surface area contributed by atoms with Crippen LogP contribution in [0.5, 0.6) is 0 Å². The maximum Gasteiger partial charge on any atom is 0.246 e. The molecule has 0 bridgehead atoms. The second kappa shape index (κ2) is 8.27. The molecule has 5 nitrogen and oxygen atoms in total. The van der Waals surface area contributed by atoms with E-state index in [-0.39, 0.29) is 11.8 Å². The number of alkyl halides is 2. The van der Waals surface area contributed by atoms with Gasteiger partial charge >= 0.3 is 0 Å². The van der Waals surface area contributed by atoms with Crippen molar-refractivity contribution in [1.82, 2.24) is 9.78 Å². The Morgan fingerprint density at radius 3 is 2.45 bits per heavy atom. The van der Waals surface area contributed by atoms with Crippen LogP contribution in [0.25, 0.3) is 0 Å². The zero-order chi connectivity index (χ0) is 15.1. The third-order valence-electron chi connectivity index (χ3n) is 2.87. The van der Waals surface area contributed by atoms with Gasteiger partial charge in [0.1, 0.15) is 0 Å². The predicted molar refractivity (Wildman–Crippen MR) is 80.9 cm³/mol. The molecule has 1 rings (SSSR count). The second-order valence-corrected chi connectivity index (χ2v) is 5.27. The highest BCUT2D eigenvalue weighted by molar-refractivity contribution is 6.18. The molecule has 1 aromatic heterocycles. The average molecular weight is 320 g/mol. The molecule has 112 valence electrons. The van der Waals surface area contributed by atoms with Crippen molar-refractivity contribution in [3.05, 3.63) is 11.8 Å². The quantitative estimate of drug-likeness (QED) is 0.726. The van der Waals surface area contributed by atoms with Gasteiger partial charge in [0.25, 0.3) is 0 Å². The molecular weight excluding hydrogens is 301 g/mol. The van der Waals surface area contributed by atoms with Crippen LogP contribution >= 0.6 is 23.2 Å². The number of rotatable bonds is 7. The summed E-state index contributed by atoms with van der Waals surface area (Å²) >= 11 is 11.1. The van der Waals surface area contributed by atoms with E-state index < -0.39 is 0 Å². The molecule has 20 heavy (non-hydrogen) atoms. The Kier molecular flexibility index (Phi) is 7.02. The number of aromatic nitrogens is 2. The Balaban J connectivity index is 2.78. The lowest BCUT2D eigenvalue weighted by Gasteiger charge is -2.14. The zero-order valence-electron chi connectivity index (χ0n) is 11.7. The van der Waals surface area contributed by atoms with Crippen molar-refractivity contribution in [2.45, 2.75) is 32.6 Å². The van der Waals surface area contributed by atoms with E-state index in [2.05, 4.69) is 5.10 Å². The fourth-order valence-electron chi connectivity index (χ4n) is 1.75. The number of carbonyl (C=O) groups is 2. The van der Waals surface area contributed by atoms with E-state index >= 15 is 0 Å². The number of aryl methyl sites for hydroxylation is 1. The molecule has 0 saturated heterocycles. The molecule has 0 radical (unpaired) electrons. The molecule has 0 aromatic carbocycles. The summed E-state index contributed by atoms with van der Waals surface area (Å²) in [5.74, 6) is 1.21. The summed E-state index contributed by atoms with van der Waals surface area (Å²) in [7, 11) is 1.65. The van der Waals surface area contributed by atoms with Crippen molar-refractivity contribution in [3.8, 4) is 0 Å². The molecule has 1 heterocycles. The summed E-state index contributed by atoms with van der Waals surface area (Å²) in [5.41, 5.74) is 0.783. The van der Waals surface area contributed by atoms with Gasteiger partial charge in [-0.2, -0.15) is 0 Å². The first-order valence-corrected chi connectivity index (χ1v) is 7.56. The van der Waals surface area contributed by atoms with E-state index in [1.54, 1.807) is 13.2 Å². The summed E-state index contributed by atoms with van der Waals surface area (Å²) in [6.07, 6.45) is 3.58. The molecule has 7 heteroatoms. The van der Waals surface area contributed by atoms with E-state index in [1.807, 2.05) is 6.92 Å². The van der Waals surface area contributed by atoms with Crippen LogP contribution in [-0.4, -0.2) is 40.4 Å². The second-order valence-electron chi connectivity index (χ2n) is 4.51. The highest BCUT2D eigenvalue weighted by Crippen LogP contribution is 2.17. The number of carbonyl (C=O) groups excluding carboxylic acids is 2. The molecule has 0 unspecified atom stereocenters. The first kappa shape index (κ1) is 17.0. The minimum atomic E-state index is -0.124. The maximum atomic E-state index is 11.9. The van der Waals surface area contributed by atoms with Gasteiger partial charge in [0.2, 0.25) is 11.8 Å². The highest BCUT2D eigenvalue weighted by atomic mass is 35.5. The molecule has 0 aliphatic carbocycles. The maximum absolute atomic E-state index is 11.9. The van der Waals surface area contributed by atoms with E-state index in [0.717, 1.165) is 5.56 Å². The molecule has 0 fully saturated rings. The van der Waals surface area contributed by atoms with Crippen LogP contribution in [0.4, 0.5) is 5.82 Å². The van der Waals surface area contributed by atoms with Gasteiger partial charge in [-0.1, -0.05) is 0 Å². The number of halogens is 2. The summed E-state index contributed by atoms with van der Waals surface area (Å²) in [4.78, 5) is 25.2. The van der Waals surface area contributed by atoms with Crippen LogP contribution in [0.2, 0.25) is 0 Å². The molecule has 0 atom stereocenters. The number of anilines is 1. The minimum absolute atomic E-state index is 0.0628. The SMILES string of the molecule is Cc1cn(C(=O)CCCCl)nc1N(C)C(=O)CCCCl. The van der Waals surface area contributed by atoms with Crippen molar-refractivity contribution in [3.63, 3.8) is 0 Å². The van der Waals surface area contributed by atoms with E-state index in [1.165, 1.54) is 9.58 Å². The monoisotopic (exact) mass is 319 g/mol. The van der Waals surface area contributed by atoms with Crippen molar-refractivity contribution >= 4 is 40.8 Å². The predicted octanol–water partition coefficient (Wildman–Crippen LogP) is 2.83. The summed E-state index contributed by atoms with van der Waals surface area (Å²) in [5, 5.41) is 4.19. The molecule has 1 aromatic rings. The normalized spacial score (nSPS) is 10.6. The number of nitrogens with zero attached hydrogens (tertiary/aromatic N) is 3. The lowest BCUT2D eigenvalue weighted by molar-refractivity contribution is -0.118. The van der Waals surface area contributed by atoms with Gasteiger partial charge in [-0.3, -0.25) is 14.5 Å². The lowest BCUT2D eigenvalue weighted by Crippen LogP contribution is -2.27. The summed E-state index contributed by atoms with van der Waals surface area (Å²) in [6, 6.07) is 0. The van der Waals surface area contributed by atoms with Crippen molar-refractivity contribution in [2.75, 3.05) is 23.7 Å². The Hall–Kier alpha value is -1.07. The molecule has 0 aliphatic heterocycles. The van der Waals surface area contributed by atoms with Gasteiger partial charge in [0, 0.05) is 43.4 Å². The van der Waals surface area contributed by atoms with Crippen LogP contribution in [0, 0.1) is 6.92 Å². The number of hydrogen-bond acceptors (Lipinski definition) is 3. The van der Waals surface area contributed by atoms with Gasteiger partial charge in [-0.15, -0.1) is 28.3 Å². The van der Waals surface area contributed by atoms with E-state index in [4.69, 9.17) is 23.2 Å². The Morgan fingerprint density at radius 1 is 1.25 bits per heavy atom. The Morgan fingerprint density at radius 2 is 1.85 bits per heavy atom. The first-order chi connectivity index (χ1) is 9.51. The van der Waals surface area contributed by atoms with Crippen molar-refractivity contribution in [1.29, 1.82) is 0 Å². The average Bonchev–Trinajstić information content (AvgIpc) is 2.83. The van der Waals surface area contributed by atoms with E-state index in [0.29, 0.717) is 43.3 Å². The molecule has 0 spiro atoms. The largest absolute Gasteiger partial charge is 0.298 e. The fraction of sp³-hybridized carbons (Fsp3) is 0.615. The van der Waals surface area contributed by atoms with Gasteiger partial charge < -0.3 is 0 Å². The molecule has 0 aliphatic rings. The van der Waals surface area contributed by atoms with Crippen LogP contribution in [0.1, 0.15) is 36.0 Å². The highest BCUT2D eigenvalue weighted by Gasteiger charge is 2.18. The minimum Gasteiger partial charge on any atom is -0.298 e. The lowest BCUT2D eigenvalue weighted by atomic mass is 10.3. The third-order valence-corrected chi connectivity index (χ3v) is 3.40. The van der Waals surface area contributed by atoms with Crippen LogP contribution in [0.15, 0.2) is 6.20 Å². The Bertz CT molecular complexity index is 474. The molecule has 0 saturated carbocycles. The number of hydrogen-bond donors (Lipinski definition) is 0. The Labute approximate surface area is 128 Å². The first-order valence-electron chi connectivity index (χ1n) is 6.49.